The number of carbonyl (C=O) groups excluding carboxylic acids is 2. The largest absolute Gasteiger partial charge is 0.337 e. The Balaban J connectivity index is 1.64. The van der Waals surface area contributed by atoms with E-state index in [4.69, 9.17) is 0 Å². The zero-order valence-electron chi connectivity index (χ0n) is 17.6. The Morgan fingerprint density at radius 1 is 1.07 bits per heavy atom. The van der Waals surface area contributed by atoms with Gasteiger partial charge in [0, 0.05) is 25.3 Å². The number of nitrogens with zero attached hydrogens (tertiary/aromatic N) is 3. The van der Waals surface area contributed by atoms with Crippen molar-refractivity contribution in [3.8, 4) is 0 Å². The third kappa shape index (κ3) is 3.80. The van der Waals surface area contributed by atoms with E-state index in [1.54, 1.807) is 0 Å². The van der Waals surface area contributed by atoms with Crippen LogP contribution in [0.3, 0.4) is 0 Å². The molecule has 6 nitrogen and oxygen atoms in total. The summed E-state index contributed by atoms with van der Waals surface area (Å²) in [6.07, 6.45) is 4.89. The molecule has 1 aromatic carbocycles. The van der Waals surface area contributed by atoms with Crippen molar-refractivity contribution < 1.29 is 9.59 Å². The van der Waals surface area contributed by atoms with Crippen LogP contribution in [-0.4, -0.2) is 39.4 Å². The van der Waals surface area contributed by atoms with Crippen molar-refractivity contribution in [3.63, 3.8) is 0 Å². The minimum absolute atomic E-state index is 0.0197. The lowest BCUT2D eigenvalue weighted by molar-refractivity contribution is 0.0690. The number of amides is 2. The molecule has 0 bridgehead atoms. The topological polar surface area (TPSA) is 67.2 Å². The summed E-state index contributed by atoms with van der Waals surface area (Å²) in [5.41, 5.74) is 4.26. The Hall–Kier alpha value is -2.63. The molecular weight excluding hydrogens is 364 g/mol. The number of likely N-dealkylation sites (tertiary alicyclic amines) is 1. The fourth-order valence-electron chi connectivity index (χ4n) is 4.43. The summed E-state index contributed by atoms with van der Waals surface area (Å²) in [4.78, 5) is 32.8. The maximum atomic E-state index is 13.2. The van der Waals surface area contributed by atoms with Crippen molar-refractivity contribution in [1.82, 2.24) is 14.5 Å². The van der Waals surface area contributed by atoms with Gasteiger partial charge in [-0.2, -0.15) is 0 Å². The van der Waals surface area contributed by atoms with Crippen LogP contribution in [0.2, 0.25) is 0 Å². The SMILES string of the molecule is Cc1cccc(C)c1NC(=O)c1nc(C(=O)N2CCC(C)CC2)c2n1CCCC2. The summed E-state index contributed by atoms with van der Waals surface area (Å²) in [5, 5.41) is 3.04. The molecule has 0 saturated carbocycles. The third-order valence-corrected chi connectivity index (χ3v) is 6.31. The molecule has 2 aliphatic rings. The molecule has 29 heavy (non-hydrogen) atoms. The average Bonchev–Trinajstić information content (AvgIpc) is 3.11. The predicted molar refractivity (Wildman–Crippen MR) is 113 cm³/mol. The maximum absolute atomic E-state index is 13.2. The Kier molecular flexibility index (Phi) is 5.43. The first-order valence-corrected chi connectivity index (χ1v) is 10.7. The molecule has 2 aliphatic heterocycles. The van der Waals surface area contributed by atoms with E-state index in [2.05, 4.69) is 17.2 Å². The number of para-hydroxylation sites is 1. The van der Waals surface area contributed by atoms with Gasteiger partial charge in [0.25, 0.3) is 11.8 Å². The number of hydrogen-bond acceptors (Lipinski definition) is 3. The molecule has 0 atom stereocenters. The minimum Gasteiger partial charge on any atom is -0.337 e. The average molecular weight is 395 g/mol. The van der Waals surface area contributed by atoms with E-state index in [9.17, 15) is 9.59 Å². The van der Waals surface area contributed by atoms with Crippen LogP contribution in [0.15, 0.2) is 18.2 Å². The van der Waals surface area contributed by atoms with E-state index >= 15 is 0 Å². The Bertz CT molecular complexity index is 918. The van der Waals surface area contributed by atoms with Gasteiger partial charge in [0.1, 0.15) is 5.69 Å². The molecule has 0 aliphatic carbocycles. The highest BCUT2D eigenvalue weighted by Gasteiger charge is 2.31. The van der Waals surface area contributed by atoms with E-state index in [0.29, 0.717) is 17.4 Å². The van der Waals surface area contributed by atoms with Gasteiger partial charge in [0.05, 0.1) is 5.69 Å². The minimum atomic E-state index is -0.239. The van der Waals surface area contributed by atoms with Gasteiger partial charge in [-0.05, 0) is 63.0 Å². The lowest BCUT2D eigenvalue weighted by atomic mass is 9.98. The van der Waals surface area contributed by atoms with E-state index in [1.807, 2.05) is 41.5 Å². The molecular formula is C23H30N4O2. The summed E-state index contributed by atoms with van der Waals surface area (Å²) in [7, 11) is 0. The molecule has 4 rings (SSSR count). The van der Waals surface area contributed by atoms with Crippen LogP contribution in [0.4, 0.5) is 5.69 Å². The van der Waals surface area contributed by atoms with Crippen LogP contribution in [-0.2, 0) is 13.0 Å². The van der Waals surface area contributed by atoms with Crippen LogP contribution in [0, 0.1) is 19.8 Å². The number of hydrogen-bond donors (Lipinski definition) is 1. The fourth-order valence-corrected chi connectivity index (χ4v) is 4.43. The first kappa shape index (κ1) is 19.7. The normalized spacial score (nSPS) is 17.1. The number of aromatic nitrogens is 2. The van der Waals surface area contributed by atoms with Crippen molar-refractivity contribution in [1.29, 1.82) is 0 Å². The number of nitrogens with one attached hydrogen (secondary N) is 1. The molecule has 3 heterocycles. The highest BCUT2D eigenvalue weighted by Crippen LogP contribution is 2.26. The van der Waals surface area contributed by atoms with E-state index in [0.717, 1.165) is 74.2 Å². The Labute approximate surface area is 172 Å². The zero-order valence-corrected chi connectivity index (χ0v) is 17.6. The molecule has 1 saturated heterocycles. The van der Waals surface area contributed by atoms with Crippen molar-refractivity contribution in [3.05, 3.63) is 46.5 Å². The van der Waals surface area contributed by atoms with Gasteiger partial charge in [0.15, 0.2) is 5.82 Å². The van der Waals surface area contributed by atoms with Gasteiger partial charge >= 0.3 is 0 Å². The number of piperidine rings is 1. The number of imidazole rings is 1. The second kappa shape index (κ2) is 8.01. The summed E-state index contributed by atoms with van der Waals surface area (Å²) in [6, 6.07) is 5.94. The van der Waals surface area contributed by atoms with Crippen LogP contribution in [0.25, 0.3) is 0 Å². The number of fused-ring (bicyclic) bond motifs is 1. The second-order valence-corrected chi connectivity index (χ2v) is 8.54. The molecule has 2 aromatic rings. The van der Waals surface area contributed by atoms with Crippen LogP contribution in [0.1, 0.15) is 70.5 Å². The zero-order chi connectivity index (χ0) is 20.5. The monoisotopic (exact) mass is 394 g/mol. The lowest BCUT2D eigenvalue weighted by Gasteiger charge is -2.30. The fraction of sp³-hybridized carbons (Fsp3) is 0.522. The van der Waals surface area contributed by atoms with Crippen LogP contribution >= 0.6 is 0 Å². The highest BCUT2D eigenvalue weighted by molar-refractivity contribution is 6.04. The number of benzene rings is 1. The first-order chi connectivity index (χ1) is 14.0. The van der Waals surface area contributed by atoms with Gasteiger partial charge in [-0.3, -0.25) is 9.59 Å². The number of anilines is 1. The number of carbonyl (C=O) groups is 2. The molecule has 1 fully saturated rings. The van der Waals surface area contributed by atoms with E-state index < -0.39 is 0 Å². The Morgan fingerprint density at radius 2 is 1.76 bits per heavy atom. The standard InChI is InChI=1S/C23H30N4O2/c1-15-10-13-26(14-11-15)23(29)20-18-9-4-5-12-27(18)21(24-20)22(28)25-19-16(2)7-6-8-17(19)3/h6-8,15H,4-5,9-14H2,1-3H3,(H,25,28). The lowest BCUT2D eigenvalue weighted by Crippen LogP contribution is -2.38. The molecule has 1 N–H and O–H groups in total. The molecule has 1 aromatic heterocycles. The summed E-state index contributed by atoms with van der Waals surface area (Å²) >= 11 is 0. The van der Waals surface area contributed by atoms with E-state index in [1.165, 1.54) is 0 Å². The quantitative estimate of drug-likeness (QED) is 0.857. The molecule has 0 unspecified atom stereocenters. The van der Waals surface area contributed by atoms with Gasteiger partial charge in [-0.1, -0.05) is 25.1 Å². The summed E-state index contributed by atoms with van der Waals surface area (Å²) in [5.74, 6) is 0.760. The van der Waals surface area contributed by atoms with Gasteiger partial charge in [-0.15, -0.1) is 0 Å². The van der Waals surface area contributed by atoms with Crippen LogP contribution < -0.4 is 5.32 Å². The van der Waals surface area contributed by atoms with E-state index in [-0.39, 0.29) is 11.8 Å². The van der Waals surface area contributed by atoms with Crippen molar-refractivity contribution >= 4 is 17.5 Å². The summed E-state index contributed by atoms with van der Waals surface area (Å²) in [6.45, 7) is 8.48. The van der Waals surface area contributed by atoms with Crippen molar-refractivity contribution in [2.75, 3.05) is 18.4 Å². The molecule has 154 valence electrons. The van der Waals surface area contributed by atoms with Gasteiger partial charge < -0.3 is 14.8 Å². The molecule has 6 heteroatoms. The third-order valence-electron chi connectivity index (χ3n) is 6.31. The van der Waals surface area contributed by atoms with Crippen LogP contribution in [0.5, 0.6) is 0 Å². The van der Waals surface area contributed by atoms with Gasteiger partial charge in [-0.25, -0.2) is 4.98 Å². The van der Waals surface area contributed by atoms with Crippen molar-refractivity contribution in [2.24, 2.45) is 5.92 Å². The molecule has 0 radical (unpaired) electrons. The number of aryl methyl sites for hydroxylation is 2. The van der Waals surface area contributed by atoms with Gasteiger partial charge in [0.2, 0.25) is 0 Å². The molecule has 0 spiro atoms. The summed E-state index contributed by atoms with van der Waals surface area (Å²) < 4.78 is 1.96. The number of rotatable bonds is 3. The Morgan fingerprint density at radius 3 is 2.45 bits per heavy atom. The maximum Gasteiger partial charge on any atom is 0.291 e. The predicted octanol–water partition coefficient (Wildman–Crippen LogP) is 3.96. The highest BCUT2D eigenvalue weighted by atomic mass is 16.2. The smallest absolute Gasteiger partial charge is 0.291 e. The second-order valence-electron chi connectivity index (χ2n) is 8.54. The first-order valence-electron chi connectivity index (χ1n) is 10.7. The van der Waals surface area contributed by atoms with Crippen molar-refractivity contribution in [2.45, 2.75) is 59.4 Å². The molecule has 2 amide bonds.